The summed E-state index contributed by atoms with van der Waals surface area (Å²) >= 11 is 7.94. The van der Waals surface area contributed by atoms with Crippen molar-refractivity contribution in [1.82, 2.24) is 0 Å². The summed E-state index contributed by atoms with van der Waals surface area (Å²) in [4.78, 5) is 12.5. The maximum absolute atomic E-state index is 11.0. The van der Waals surface area contributed by atoms with Gasteiger partial charge in [0.05, 0.1) is 6.10 Å². The van der Waals surface area contributed by atoms with E-state index in [1.165, 1.54) is 62.7 Å². The lowest BCUT2D eigenvalue weighted by Crippen LogP contribution is -2.21. The maximum Gasteiger partial charge on any atom is 0.345 e. The Labute approximate surface area is 179 Å². The number of unbranched alkanes of at least 4 members (excludes halogenated alkanes) is 7. The summed E-state index contributed by atoms with van der Waals surface area (Å²) in [6.07, 6.45) is 15.0. The minimum atomic E-state index is -0.846. The lowest BCUT2D eigenvalue weighted by atomic mass is 9.85. The third kappa shape index (κ3) is 7.68. The summed E-state index contributed by atoms with van der Waals surface area (Å²) < 4.78 is 0. The zero-order valence-corrected chi connectivity index (χ0v) is 18.8. The van der Waals surface area contributed by atoms with E-state index >= 15 is 0 Å². The predicted octanol–water partition coefficient (Wildman–Crippen LogP) is 6.90. The first kappa shape index (κ1) is 23.7. The number of aliphatic hydroxyl groups is 1. The van der Waals surface area contributed by atoms with Crippen LogP contribution in [-0.4, -0.2) is 27.7 Å². The molecule has 0 radical (unpaired) electrons. The molecule has 28 heavy (non-hydrogen) atoms. The Kier molecular flexibility index (Phi) is 10.9. The van der Waals surface area contributed by atoms with Gasteiger partial charge in [0.25, 0.3) is 0 Å². The second kappa shape index (κ2) is 12.9. The number of aryl methyl sites for hydroxylation is 1. The van der Waals surface area contributed by atoms with E-state index in [-0.39, 0.29) is 11.5 Å². The van der Waals surface area contributed by atoms with Crippen LogP contribution in [-0.2, 0) is 6.42 Å². The zero-order chi connectivity index (χ0) is 20.4. The van der Waals surface area contributed by atoms with E-state index in [1.54, 1.807) is 6.07 Å². The molecule has 2 rings (SSSR count). The molecule has 5 heteroatoms. The van der Waals surface area contributed by atoms with Gasteiger partial charge in [0, 0.05) is 10.3 Å². The largest absolute Gasteiger partial charge is 0.477 e. The lowest BCUT2D eigenvalue weighted by Gasteiger charge is -2.23. The van der Waals surface area contributed by atoms with Gasteiger partial charge in [-0.1, -0.05) is 58.3 Å². The SMILES string of the molecule is CCCCCCCCCCC1C(CCCc2ccc(C(=O)O)s2)C(Cl)C[C@H]1O. The molecule has 1 aromatic rings. The standard InChI is InChI=1S/C23H37ClO3S/c1-2-3-4-5-6-7-8-9-12-19-18(20(24)16-21(19)25)13-10-11-17-14-15-22(28-17)23(26)27/h14-15,18-21,25H,2-13,16H2,1H3,(H,26,27)/t18?,19?,20?,21-/m1/s1. The van der Waals surface area contributed by atoms with Crippen LogP contribution in [0.3, 0.4) is 0 Å². The number of carboxylic acid groups (broad SMARTS) is 1. The number of carboxylic acids is 1. The van der Waals surface area contributed by atoms with Gasteiger partial charge in [0.2, 0.25) is 0 Å². The number of thiophene rings is 1. The number of hydrogen-bond acceptors (Lipinski definition) is 3. The van der Waals surface area contributed by atoms with Crippen LogP contribution in [0.1, 0.15) is 98.5 Å². The first-order valence-corrected chi connectivity index (χ1v) is 12.4. The van der Waals surface area contributed by atoms with E-state index in [4.69, 9.17) is 16.7 Å². The van der Waals surface area contributed by atoms with E-state index in [0.717, 1.165) is 37.0 Å². The molecule has 1 aromatic heterocycles. The normalized spacial score (nSPS) is 24.7. The van der Waals surface area contributed by atoms with E-state index in [9.17, 15) is 9.90 Å². The quantitative estimate of drug-likeness (QED) is 0.250. The fraction of sp³-hybridized carbons (Fsp3) is 0.783. The summed E-state index contributed by atoms with van der Waals surface area (Å²) in [7, 11) is 0. The monoisotopic (exact) mass is 428 g/mol. The predicted molar refractivity (Wildman–Crippen MR) is 119 cm³/mol. The van der Waals surface area contributed by atoms with Gasteiger partial charge < -0.3 is 10.2 Å². The molecule has 0 amide bonds. The molecule has 0 bridgehead atoms. The summed E-state index contributed by atoms with van der Waals surface area (Å²) in [5.41, 5.74) is 0. The molecule has 1 fully saturated rings. The molecule has 1 heterocycles. The number of carbonyl (C=O) groups is 1. The second-order valence-electron chi connectivity index (χ2n) is 8.37. The number of halogens is 1. The Balaban J connectivity index is 1.68. The second-order valence-corrected chi connectivity index (χ2v) is 10.1. The molecule has 1 aliphatic carbocycles. The minimum Gasteiger partial charge on any atom is -0.477 e. The zero-order valence-electron chi connectivity index (χ0n) is 17.2. The fourth-order valence-corrected chi connectivity index (χ4v) is 5.97. The van der Waals surface area contributed by atoms with Crippen LogP contribution >= 0.6 is 22.9 Å². The molecule has 160 valence electrons. The Bertz CT molecular complexity index is 574. The van der Waals surface area contributed by atoms with E-state index < -0.39 is 5.97 Å². The highest BCUT2D eigenvalue weighted by molar-refractivity contribution is 7.13. The van der Waals surface area contributed by atoms with E-state index in [1.807, 2.05) is 6.07 Å². The third-order valence-electron chi connectivity index (χ3n) is 6.20. The Morgan fingerprint density at radius 3 is 2.32 bits per heavy atom. The van der Waals surface area contributed by atoms with Crippen molar-refractivity contribution in [1.29, 1.82) is 0 Å². The first-order chi connectivity index (χ1) is 13.5. The topological polar surface area (TPSA) is 57.5 Å². The van der Waals surface area contributed by atoms with Crippen molar-refractivity contribution in [2.75, 3.05) is 0 Å². The summed E-state index contributed by atoms with van der Waals surface area (Å²) in [5, 5.41) is 19.6. The van der Waals surface area contributed by atoms with Crippen molar-refractivity contribution in [3.63, 3.8) is 0 Å². The van der Waals surface area contributed by atoms with Crippen molar-refractivity contribution in [3.8, 4) is 0 Å². The van der Waals surface area contributed by atoms with Crippen LogP contribution in [0.4, 0.5) is 0 Å². The fourth-order valence-electron chi connectivity index (χ4n) is 4.59. The third-order valence-corrected chi connectivity index (χ3v) is 7.83. The molecule has 0 aliphatic heterocycles. The molecule has 3 unspecified atom stereocenters. The molecule has 0 aromatic carbocycles. The highest BCUT2D eigenvalue weighted by atomic mass is 35.5. The van der Waals surface area contributed by atoms with Crippen LogP contribution in [0.15, 0.2) is 12.1 Å². The van der Waals surface area contributed by atoms with Crippen LogP contribution in [0, 0.1) is 11.8 Å². The van der Waals surface area contributed by atoms with Gasteiger partial charge in [-0.05, 0) is 56.1 Å². The lowest BCUT2D eigenvalue weighted by molar-refractivity contribution is 0.0702. The number of aromatic carboxylic acids is 1. The van der Waals surface area contributed by atoms with Crippen LogP contribution in [0.25, 0.3) is 0 Å². The molecule has 4 atom stereocenters. The highest BCUT2D eigenvalue weighted by Gasteiger charge is 2.40. The van der Waals surface area contributed by atoms with Gasteiger partial charge in [-0.3, -0.25) is 0 Å². The van der Waals surface area contributed by atoms with Gasteiger partial charge in [-0.15, -0.1) is 22.9 Å². The minimum absolute atomic E-state index is 0.0759. The van der Waals surface area contributed by atoms with Crippen LogP contribution in [0.5, 0.6) is 0 Å². The number of rotatable bonds is 14. The molecular weight excluding hydrogens is 392 g/mol. The van der Waals surface area contributed by atoms with Crippen molar-refractivity contribution in [3.05, 3.63) is 21.9 Å². The molecule has 0 spiro atoms. The van der Waals surface area contributed by atoms with Crippen molar-refractivity contribution in [2.24, 2.45) is 11.8 Å². The van der Waals surface area contributed by atoms with Crippen LogP contribution < -0.4 is 0 Å². The molecular formula is C23H37ClO3S. The van der Waals surface area contributed by atoms with E-state index in [0.29, 0.717) is 16.7 Å². The molecule has 3 nitrogen and oxygen atoms in total. The van der Waals surface area contributed by atoms with Crippen LogP contribution in [0.2, 0.25) is 0 Å². The van der Waals surface area contributed by atoms with Crippen molar-refractivity contribution in [2.45, 2.75) is 102 Å². The Morgan fingerprint density at radius 2 is 1.68 bits per heavy atom. The van der Waals surface area contributed by atoms with Gasteiger partial charge >= 0.3 is 5.97 Å². The Morgan fingerprint density at radius 1 is 1.04 bits per heavy atom. The highest BCUT2D eigenvalue weighted by Crippen LogP contribution is 2.42. The molecule has 1 aliphatic rings. The van der Waals surface area contributed by atoms with Gasteiger partial charge in [0.15, 0.2) is 0 Å². The average molecular weight is 429 g/mol. The van der Waals surface area contributed by atoms with Gasteiger partial charge in [0.1, 0.15) is 4.88 Å². The van der Waals surface area contributed by atoms with E-state index in [2.05, 4.69) is 6.92 Å². The Hall–Kier alpha value is -0.580. The summed E-state index contributed by atoms with van der Waals surface area (Å²) in [6, 6.07) is 3.62. The molecule has 1 saturated carbocycles. The van der Waals surface area contributed by atoms with Gasteiger partial charge in [-0.2, -0.15) is 0 Å². The molecule has 0 saturated heterocycles. The smallest absolute Gasteiger partial charge is 0.345 e. The number of alkyl halides is 1. The number of aliphatic hydroxyl groups excluding tert-OH is 1. The van der Waals surface area contributed by atoms with Crippen molar-refractivity contribution >= 4 is 28.9 Å². The van der Waals surface area contributed by atoms with Gasteiger partial charge in [-0.25, -0.2) is 4.79 Å². The molecule has 2 N–H and O–H groups in total. The van der Waals surface area contributed by atoms with Crippen molar-refractivity contribution < 1.29 is 15.0 Å². The summed E-state index contributed by atoms with van der Waals surface area (Å²) in [6.45, 7) is 2.25. The summed E-state index contributed by atoms with van der Waals surface area (Å²) in [5.74, 6) is -0.123. The average Bonchev–Trinajstić information content (AvgIpc) is 3.23. The first-order valence-electron chi connectivity index (χ1n) is 11.2. The maximum atomic E-state index is 11.0. The number of hydrogen-bond donors (Lipinski definition) is 2.